The Bertz CT molecular complexity index is 429. The van der Waals surface area contributed by atoms with Crippen LogP contribution in [0.15, 0.2) is 22.7 Å². The minimum atomic E-state index is -0.807. The van der Waals surface area contributed by atoms with Crippen molar-refractivity contribution in [1.29, 1.82) is 5.26 Å². The van der Waals surface area contributed by atoms with Gasteiger partial charge in [0.05, 0.1) is 11.3 Å². The third-order valence-electron chi connectivity index (χ3n) is 1.76. The number of benzene rings is 1. The van der Waals surface area contributed by atoms with Gasteiger partial charge in [0.25, 0.3) is 0 Å². The number of rotatable bonds is 4. The first-order valence-electron chi connectivity index (χ1n) is 4.49. The summed E-state index contributed by atoms with van der Waals surface area (Å²) in [6.07, 6.45) is -0.807. The van der Waals surface area contributed by atoms with Crippen LogP contribution < -0.4 is 11.1 Å². The molecule has 0 saturated carbocycles. The Hall–Kier alpha value is -1.74. The van der Waals surface area contributed by atoms with Crippen LogP contribution >= 0.6 is 15.9 Å². The van der Waals surface area contributed by atoms with Crippen LogP contribution in [0.5, 0.6) is 0 Å². The number of carbonyl (C=O) groups excluding carboxylic acids is 1. The third-order valence-corrected chi connectivity index (χ3v) is 2.26. The molecule has 1 aromatic carbocycles. The summed E-state index contributed by atoms with van der Waals surface area (Å²) < 4.78 is 5.38. The van der Waals surface area contributed by atoms with Gasteiger partial charge >= 0.3 is 6.09 Å². The zero-order valence-electron chi connectivity index (χ0n) is 8.37. The number of hydrogen-bond donors (Lipinski definition) is 2. The monoisotopic (exact) mass is 283 g/mol. The quantitative estimate of drug-likeness (QED) is 0.825. The molecule has 1 amide bonds. The zero-order chi connectivity index (χ0) is 12.0. The smallest absolute Gasteiger partial charge is 0.404 e. The first-order valence-corrected chi connectivity index (χ1v) is 5.28. The van der Waals surface area contributed by atoms with Crippen molar-refractivity contribution in [2.45, 2.75) is 0 Å². The molecule has 0 bridgehead atoms. The predicted molar refractivity (Wildman–Crippen MR) is 62.9 cm³/mol. The lowest BCUT2D eigenvalue weighted by Crippen LogP contribution is -2.18. The maximum absolute atomic E-state index is 10.3. The number of halogens is 1. The molecule has 0 aliphatic carbocycles. The molecule has 0 aromatic heterocycles. The van der Waals surface area contributed by atoms with Crippen molar-refractivity contribution in [3.63, 3.8) is 0 Å². The van der Waals surface area contributed by atoms with E-state index in [9.17, 15) is 4.79 Å². The second-order valence-corrected chi connectivity index (χ2v) is 3.81. The molecule has 0 heterocycles. The molecular weight excluding hydrogens is 274 g/mol. The van der Waals surface area contributed by atoms with Gasteiger partial charge in [0.1, 0.15) is 12.7 Å². The maximum atomic E-state index is 10.3. The van der Waals surface area contributed by atoms with Crippen LogP contribution in [-0.4, -0.2) is 19.2 Å². The molecule has 1 rings (SSSR count). The van der Waals surface area contributed by atoms with Gasteiger partial charge < -0.3 is 15.8 Å². The van der Waals surface area contributed by atoms with Crippen LogP contribution in [0.1, 0.15) is 5.56 Å². The molecule has 3 N–H and O–H groups in total. The molecule has 1 aromatic rings. The number of amides is 1. The van der Waals surface area contributed by atoms with E-state index in [0.29, 0.717) is 17.8 Å². The number of nitrogens with one attached hydrogen (secondary N) is 1. The molecule has 6 heteroatoms. The van der Waals surface area contributed by atoms with Crippen molar-refractivity contribution >= 4 is 27.7 Å². The Morgan fingerprint density at radius 1 is 1.62 bits per heavy atom. The number of hydrogen-bond acceptors (Lipinski definition) is 4. The Balaban J connectivity index is 2.54. The molecule has 84 valence electrons. The minimum absolute atomic E-state index is 0.163. The minimum Gasteiger partial charge on any atom is -0.448 e. The number of nitrogens with two attached hydrogens (primary N) is 1. The van der Waals surface area contributed by atoms with Gasteiger partial charge in [0.15, 0.2) is 0 Å². The summed E-state index contributed by atoms with van der Waals surface area (Å²) in [5.74, 6) is 0. The van der Waals surface area contributed by atoms with Crippen LogP contribution in [-0.2, 0) is 4.74 Å². The van der Waals surface area contributed by atoms with Crippen molar-refractivity contribution in [3.05, 3.63) is 28.2 Å². The van der Waals surface area contributed by atoms with Crippen molar-refractivity contribution < 1.29 is 9.53 Å². The fourth-order valence-electron chi connectivity index (χ4n) is 1.10. The van der Waals surface area contributed by atoms with Gasteiger partial charge in [0.2, 0.25) is 0 Å². The number of carbonyl (C=O) groups is 1. The fraction of sp³-hybridized carbons (Fsp3) is 0.200. The van der Waals surface area contributed by atoms with Gasteiger partial charge in [-0.2, -0.15) is 5.26 Å². The Morgan fingerprint density at radius 3 is 3.00 bits per heavy atom. The first kappa shape index (κ1) is 12.3. The summed E-state index contributed by atoms with van der Waals surface area (Å²) in [7, 11) is 0. The topological polar surface area (TPSA) is 88.1 Å². The molecule has 16 heavy (non-hydrogen) atoms. The Morgan fingerprint density at radius 2 is 2.38 bits per heavy atom. The lowest BCUT2D eigenvalue weighted by atomic mass is 10.2. The van der Waals surface area contributed by atoms with Gasteiger partial charge in [-0.25, -0.2) is 4.79 Å². The fourth-order valence-corrected chi connectivity index (χ4v) is 1.46. The maximum Gasteiger partial charge on any atom is 0.404 e. The molecule has 0 fully saturated rings. The van der Waals surface area contributed by atoms with E-state index in [1.165, 1.54) is 0 Å². The second-order valence-electron chi connectivity index (χ2n) is 2.90. The number of nitrogens with zero attached hydrogens (tertiary/aromatic N) is 1. The molecule has 0 unspecified atom stereocenters. The van der Waals surface area contributed by atoms with Gasteiger partial charge in [-0.3, -0.25) is 0 Å². The summed E-state index contributed by atoms with van der Waals surface area (Å²) in [4.78, 5) is 10.3. The van der Waals surface area contributed by atoms with E-state index in [0.717, 1.165) is 4.47 Å². The van der Waals surface area contributed by atoms with Gasteiger partial charge in [-0.05, 0) is 18.2 Å². The summed E-state index contributed by atoms with van der Waals surface area (Å²) in [6, 6.07) is 7.36. The van der Waals surface area contributed by atoms with Gasteiger partial charge in [-0.1, -0.05) is 15.9 Å². The van der Waals surface area contributed by atoms with Crippen molar-refractivity contribution in [2.24, 2.45) is 5.73 Å². The molecule has 0 atom stereocenters. The van der Waals surface area contributed by atoms with E-state index in [1.54, 1.807) is 12.1 Å². The van der Waals surface area contributed by atoms with Crippen LogP contribution in [0.25, 0.3) is 0 Å². The highest BCUT2D eigenvalue weighted by Crippen LogP contribution is 2.19. The van der Waals surface area contributed by atoms with E-state index in [-0.39, 0.29) is 6.61 Å². The number of anilines is 1. The van der Waals surface area contributed by atoms with Crippen LogP contribution in [0.4, 0.5) is 10.5 Å². The van der Waals surface area contributed by atoms with Crippen molar-refractivity contribution in [3.8, 4) is 6.07 Å². The lowest BCUT2D eigenvalue weighted by Gasteiger charge is -2.08. The summed E-state index contributed by atoms with van der Waals surface area (Å²) >= 11 is 3.27. The lowest BCUT2D eigenvalue weighted by molar-refractivity contribution is 0.161. The van der Waals surface area contributed by atoms with E-state index in [2.05, 4.69) is 32.1 Å². The average Bonchev–Trinajstić information content (AvgIpc) is 2.25. The first-order chi connectivity index (χ1) is 7.63. The van der Waals surface area contributed by atoms with Crippen molar-refractivity contribution in [1.82, 2.24) is 0 Å². The number of nitriles is 1. The Labute approximate surface area is 101 Å². The van der Waals surface area contributed by atoms with Crippen LogP contribution in [0.3, 0.4) is 0 Å². The highest BCUT2D eigenvalue weighted by Gasteiger charge is 2.02. The van der Waals surface area contributed by atoms with Gasteiger partial charge in [0, 0.05) is 11.0 Å². The van der Waals surface area contributed by atoms with E-state index >= 15 is 0 Å². The molecule has 0 radical (unpaired) electrons. The highest BCUT2D eigenvalue weighted by molar-refractivity contribution is 9.10. The standard InChI is InChI=1S/C10H10BrN3O2/c11-8-1-2-9(7(5-8)6-12)14-3-4-16-10(13)15/h1-2,5,14H,3-4H2,(H2,13,15). The number of primary amides is 1. The molecule has 5 nitrogen and oxygen atoms in total. The van der Waals surface area contributed by atoms with E-state index < -0.39 is 6.09 Å². The van der Waals surface area contributed by atoms with Gasteiger partial charge in [-0.15, -0.1) is 0 Å². The van der Waals surface area contributed by atoms with E-state index in [1.807, 2.05) is 6.07 Å². The molecular formula is C10H10BrN3O2. The predicted octanol–water partition coefficient (Wildman–Crippen LogP) is 1.83. The summed E-state index contributed by atoms with van der Waals surface area (Å²) in [6.45, 7) is 0.565. The molecule has 0 aliphatic heterocycles. The van der Waals surface area contributed by atoms with Crippen molar-refractivity contribution in [2.75, 3.05) is 18.5 Å². The zero-order valence-corrected chi connectivity index (χ0v) is 9.95. The molecule has 0 spiro atoms. The normalized spacial score (nSPS) is 9.25. The largest absolute Gasteiger partial charge is 0.448 e. The average molecular weight is 284 g/mol. The number of ether oxygens (including phenoxy) is 1. The second kappa shape index (κ2) is 5.98. The molecule has 0 saturated heterocycles. The highest BCUT2D eigenvalue weighted by atomic mass is 79.9. The van der Waals surface area contributed by atoms with Crippen LogP contribution in [0.2, 0.25) is 0 Å². The molecule has 0 aliphatic rings. The SMILES string of the molecule is N#Cc1cc(Br)ccc1NCCOC(N)=O. The van der Waals surface area contributed by atoms with Crippen LogP contribution in [0, 0.1) is 11.3 Å². The summed E-state index contributed by atoms with van der Waals surface area (Å²) in [5.41, 5.74) is 6.02. The Kier molecular flexibility index (Phi) is 4.61. The summed E-state index contributed by atoms with van der Waals surface area (Å²) in [5, 5.41) is 11.8. The van der Waals surface area contributed by atoms with E-state index in [4.69, 9.17) is 11.0 Å². The third kappa shape index (κ3) is 3.79.